The van der Waals surface area contributed by atoms with Crippen molar-refractivity contribution in [1.29, 1.82) is 0 Å². The van der Waals surface area contributed by atoms with Gasteiger partial charge in [-0.1, -0.05) is 33.6 Å². The van der Waals surface area contributed by atoms with Crippen molar-refractivity contribution in [3.8, 4) is 0 Å². The Bertz CT molecular complexity index is 546. The van der Waals surface area contributed by atoms with Gasteiger partial charge in [-0.05, 0) is 47.6 Å². The van der Waals surface area contributed by atoms with E-state index in [4.69, 9.17) is 0 Å². The van der Waals surface area contributed by atoms with Crippen molar-refractivity contribution in [2.75, 3.05) is 13.1 Å². The van der Waals surface area contributed by atoms with Crippen molar-refractivity contribution in [2.24, 2.45) is 11.3 Å². The van der Waals surface area contributed by atoms with E-state index in [0.29, 0.717) is 23.9 Å². The fraction of sp³-hybridized carbons (Fsp3) is 0.737. The van der Waals surface area contributed by atoms with Crippen molar-refractivity contribution in [3.05, 3.63) is 21.9 Å². The summed E-state index contributed by atoms with van der Waals surface area (Å²) in [7, 11) is 0. The molecule has 23 heavy (non-hydrogen) atoms. The summed E-state index contributed by atoms with van der Waals surface area (Å²) in [6.07, 6.45) is 6.15. The highest BCUT2D eigenvalue weighted by Crippen LogP contribution is 2.38. The third-order valence-corrected chi connectivity index (χ3v) is 6.58. The van der Waals surface area contributed by atoms with Gasteiger partial charge in [0.25, 0.3) is 0 Å². The molecule has 0 aromatic carbocycles. The molecule has 1 saturated carbocycles. The van der Waals surface area contributed by atoms with Crippen molar-refractivity contribution >= 4 is 17.2 Å². The summed E-state index contributed by atoms with van der Waals surface area (Å²) in [6, 6.07) is 2.66. The Morgan fingerprint density at radius 3 is 2.91 bits per heavy atom. The van der Waals surface area contributed by atoms with Crippen LogP contribution in [0.15, 0.2) is 11.4 Å². The topological polar surface area (TPSA) is 32.3 Å². The van der Waals surface area contributed by atoms with Crippen LogP contribution in [0.4, 0.5) is 0 Å². The quantitative estimate of drug-likeness (QED) is 0.911. The Labute approximate surface area is 144 Å². The Morgan fingerprint density at radius 1 is 1.35 bits per heavy atom. The van der Waals surface area contributed by atoms with Crippen LogP contribution in [0.25, 0.3) is 0 Å². The second kappa shape index (κ2) is 6.94. The van der Waals surface area contributed by atoms with Crippen LogP contribution in [0.5, 0.6) is 0 Å². The summed E-state index contributed by atoms with van der Waals surface area (Å²) in [4.78, 5) is 16.1. The van der Waals surface area contributed by atoms with Gasteiger partial charge in [-0.25, -0.2) is 0 Å². The molecule has 128 valence electrons. The van der Waals surface area contributed by atoms with Crippen LogP contribution in [0.2, 0.25) is 0 Å². The Hall–Kier alpha value is -0.870. The first kappa shape index (κ1) is 17.0. The highest BCUT2D eigenvalue weighted by molar-refractivity contribution is 7.10. The van der Waals surface area contributed by atoms with Gasteiger partial charge >= 0.3 is 0 Å². The molecule has 1 aliphatic carbocycles. The Balaban J connectivity index is 1.54. The second-order valence-corrected chi connectivity index (χ2v) is 9.18. The van der Waals surface area contributed by atoms with Crippen LogP contribution < -0.4 is 5.32 Å². The monoisotopic (exact) mass is 334 g/mol. The summed E-state index contributed by atoms with van der Waals surface area (Å²) in [5, 5.41) is 5.75. The smallest absolute Gasteiger partial charge is 0.236 e. The van der Waals surface area contributed by atoms with Crippen LogP contribution in [-0.2, 0) is 17.8 Å². The lowest BCUT2D eigenvalue weighted by atomic mass is 9.69. The second-order valence-electron chi connectivity index (χ2n) is 8.18. The molecule has 0 radical (unpaired) electrons. The normalized spacial score (nSPS) is 25.3. The van der Waals surface area contributed by atoms with E-state index in [-0.39, 0.29) is 5.91 Å². The predicted molar refractivity (Wildman–Crippen MR) is 96.6 cm³/mol. The van der Waals surface area contributed by atoms with E-state index in [1.54, 1.807) is 0 Å². The average Bonchev–Trinajstić information content (AvgIpc) is 2.99. The zero-order valence-corrected chi connectivity index (χ0v) is 15.5. The summed E-state index contributed by atoms with van der Waals surface area (Å²) in [6.45, 7) is 9.18. The third-order valence-electron chi connectivity index (χ3n) is 5.55. The van der Waals surface area contributed by atoms with Crippen molar-refractivity contribution in [1.82, 2.24) is 10.2 Å². The van der Waals surface area contributed by atoms with Crippen LogP contribution >= 0.6 is 11.3 Å². The molecule has 4 heteroatoms. The summed E-state index contributed by atoms with van der Waals surface area (Å²) in [5.41, 5.74) is 1.66. The first-order valence-corrected chi connectivity index (χ1v) is 9.89. The molecule has 1 fully saturated rings. The van der Waals surface area contributed by atoms with Crippen LogP contribution in [-0.4, -0.2) is 29.9 Å². The highest BCUT2D eigenvalue weighted by Gasteiger charge is 2.34. The number of carbonyl (C=O) groups excluding carboxylic acids is 1. The Morgan fingerprint density at radius 2 is 2.13 bits per heavy atom. The predicted octanol–water partition coefficient (Wildman–Crippen LogP) is 3.83. The SMILES string of the molecule is CC(C)(C)C1CCCCC1NCC(=O)N1CCc2sccc2C1. The molecule has 0 spiro atoms. The number of carbonyl (C=O) groups is 1. The molecule has 0 bridgehead atoms. The van der Waals surface area contributed by atoms with E-state index in [2.05, 4.69) is 37.5 Å². The molecule has 1 amide bonds. The first-order valence-electron chi connectivity index (χ1n) is 9.01. The van der Waals surface area contributed by atoms with Crippen LogP contribution in [0, 0.1) is 11.3 Å². The number of nitrogens with zero attached hydrogens (tertiary/aromatic N) is 1. The fourth-order valence-electron chi connectivity index (χ4n) is 4.20. The van der Waals surface area contributed by atoms with Gasteiger partial charge in [0.05, 0.1) is 6.54 Å². The minimum Gasteiger partial charge on any atom is -0.337 e. The van der Waals surface area contributed by atoms with Gasteiger partial charge in [0.15, 0.2) is 0 Å². The summed E-state index contributed by atoms with van der Waals surface area (Å²) in [5.74, 6) is 0.939. The molecule has 2 aliphatic rings. The lowest BCUT2D eigenvalue weighted by Gasteiger charge is -2.41. The van der Waals surface area contributed by atoms with E-state index in [9.17, 15) is 4.79 Å². The molecule has 2 heterocycles. The standard InChI is InChI=1S/C19H30N2OS/c1-19(2,3)15-6-4-5-7-16(15)20-12-18(22)21-10-8-17-14(13-21)9-11-23-17/h9,11,15-16,20H,4-8,10,12-13H2,1-3H3. The zero-order chi connectivity index (χ0) is 16.4. The minimum absolute atomic E-state index is 0.264. The lowest BCUT2D eigenvalue weighted by Crippen LogP contribution is -2.48. The molecule has 1 aromatic rings. The maximum atomic E-state index is 12.6. The third kappa shape index (κ3) is 3.97. The highest BCUT2D eigenvalue weighted by atomic mass is 32.1. The van der Waals surface area contributed by atoms with Gasteiger partial charge < -0.3 is 10.2 Å². The van der Waals surface area contributed by atoms with Gasteiger partial charge in [0, 0.05) is 24.0 Å². The fourth-order valence-corrected chi connectivity index (χ4v) is 5.09. The van der Waals surface area contributed by atoms with Crippen molar-refractivity contribution in [3.63, 3.8) is 0 Å². The number of hydrogen-bond acceptors (Lipinski definition) is 3. The molecular formula is C19H30N2OS. The van der Waals surface area contributed by atoms with E-state index >= 15 is 0 Å². The largest absolute Gasteiger partial charge is 0.337 e. The van der Waals surface area contributed by atoms with Gasteiger partial charge in [-0.2, -0.15) is 0 Å². The Kier molecular flexibility index (Phi) is 5.12. The molecular weight excluding hydrogens is 304 g/mol. The molecule has 1 N–H and O–H groups in total. The van der Waals surface area contributed by atoms with Crippen LogP contribution in [0.1, 0.15) is 56.9 Å². The van der Waals surface area contributed by atoms with Crippen molar-refractivity contribution in [2.45, 2.75) is 65.5 Å². The van der Waals surface area contributed by atoms with E-state index in [0.717, 1.165) is 19.5 Å². The van der Waals surface area contributed by atoms with E-state index in [1.165, 1.54) is 36.1 Å². The van der Waals surface area contributed by atoms with Gasteiger partial charge in [-0.3, -0.25) is 4.79 Å². The number of fused-ring (bicyclic) bond motifs is 1. The van der Waals surface area contributed by atoms with Gasteiger partial charge in [0.1, 0.15) is 0 Å². The first-order chi connectivity index (χ1) is 10.9. The van der Waals surface area contributed by atoms with Gasteiger partial charge in [-0.15, -0.1) is 11.3 Å². The summed E-state index contributed by atoms with van der Waals surface area (Å²) < 4.78 is 0. The molecule has 2 atom stereocenters. The number of rotatable bonds is 3. The zero-order valence-electron chi connectivity index (χ0n) is 14.7. The van der Waals surface area contributed by atoms with Crippen molar-refractivity contribution < 1.29 is 4.79 Å². The molecule has 3 rings (SSSR count). The minimum atomic E-state index is 0.264. The average molecular weight is 335 g/mol. The van der Waals surface area contributed by atoms with E-state index < -0.39 is 0 Å². The van der Waals surface area contributed by atoms with Gasteiger partial charge in [0.2, 0.25) is 5.91 Å². The van der Waals surface area contributed by atoms with E-state index in [1.807, 2.05) is 16.2 Å². The lowest BCUT2D eigenvalue weighted by molar-refractivity contribution is -0.131. The number of amides is 1. The van der Waals surface area contributed by atoms with Crippen LogP contribution in [0.3, 0.4) is 0 Å². The molecule has 2 unspecified atom stereocenters. The summed E-state index contributed by atoms with van der Waals surface area (Å²) >= 11 is 1.82. The molecule has 1 aromatic heterocycles. The maximum absolute atomic E-state index is 12.6. The molecule has 1 aliphatic heterocycles. The maximum Gasteiger partial charge on any atom is 0.236 e. The number of thiophene rings is 1. The number of hydrogen-bond donors (Lipinski definition) is 1. The molecule has 3 nitrogen and oxygen atoms in total. The molecule has 0 saturated heterocycles. The number of nitrogens with one attached hydrogen (secondary N) is 1.